The number of hydrogen-bond donors (Lipinski definition) is 1. The summed E-state index contributed by atoms with van der Waals surface area (Å²) in [5.74, 6) is 0.142. The van der Waals surface area contributed by atoms with Crippen LogP contribution in [-0.2, 0) is 0 Å². The van der Waals surface area contributed by atoms with E-state index >= 15 is 0 Å². The van der Waals surface area contributed by atoms with Gasteiger partial charge in [0.15, 0.2) is 5.82 Å². The third-order valence-corrected chi connectivity index (χ3v) is 2.98. The van der Waals surface area contributed by atoms with Crippen LogP contribution >= 0.6 is 27.5 Å². The smallest absolute Gasteiger partial charge is 0.257 e. The minimum atomic E-state index is -0.225. The predicted octanol–water partition coefficient (Wildman–Crippen LogP) is 3.45. The molecule has 1 N–H and O–H groups in total. The average Bonchev–Trinajstić information content (AvgIpc) is 2.32. The molecular weight excluding hydrogens is 318 g/mol. The lowest BCUT2D eigenvalue weighted by Gasteiger charge is -2.07. The van der Waals surface area contributed by atoms with Gasteiger partial charge >= 0.3 is 0 Å². The van der Waals surface area contributed by atoms with Crippen molar-refractivity contribution in [3.05, 3.63) is 51.3 Å². The number of nitrogens with one attached hydrogen (secondary N) is 1. The number of benzene rings is 1. The van der Waals surface area contributed by atoms with E-state index in [4.69, 9.17) is 11.6 Å². The Labute approximate surface area is 118 Å². The highest BCUT2D eigenvalue weighted by Gasteiger charge is 2.10. The highest BCUT2D eigenvalue weighted by molar-refractivity contribution is 9.10. The second-order valence-corrected chi connectivity index (χ2v) is 4.94. The van der Waals surface area contributed by atoms with E-state index in [1.165, 1.54) is 12.4 Å². The predicted molar refractivity (Wildman–Crippen MR) is 73.9 cm³/mol. The molecule has 6 heteroatoms. The van der Waals surface area contributed by atoms with Crippen molar-refractivity contribution >= 4 is 39.3 Å². The second-order valence-electron chi connectivity index (χ2n) is 3.64. The van der Waals surface area contributed by atoms with Crippen LogP contribution < -0.4 is 5.32 Å². The van der Waals surface area contributed by atoms with Crippen LogP contribution in [0.4, 0.5) is 5.82 Å². The summed E-state index contributed by atoms with van der Waals surface area (Å²) in [7, 11) is 0. The van der Waals surface area contributed by atoms with E-state index in [1.807, 2.05) is 19.1 Å². The first-order valence-corrected chi connectivity index (χ1v) is 6.28. The van der Waals surface area contributed by atoms with Crippen LogP contribution in [0.2, 0.25) is 5.15 Å². The number of aryl methyl sites for hydroxylation is 1. The molecule has 1 aromatic heterocycles. The molecule has 2 aromatic rings. The van der Waals surface area contributed by atoms with Crippen LogP contribution in [0, 0.1) is 6.92 Å². The Bertz CT molecular complexity index is 586. The highest BCUT2D eigenvalue weighted by Crippen LogP contribution is 2.17. The van der Waals surface area contributed by atoms with Crippen molar-refractivity contribution in [3.63, 3.8) is 0 Å². The maximum absolute atomic E-state index is 12.0. The van der Waals surface area contributed by atoms with Gasteiger partial charge in [0.1, 0.15) is 5.15 Å². The molecule has 0 fully saturated rings. The molecule has 0 unspecified atom stereocenters. The maximum Gasteiger partial charge on any atom is 0.257 e. The van der Waals surface area contributed by atoms with E-state index in [1.54, 1.807) is 6.07 Å². The Balaban J connectivity index is 2.19. The number of anilines is 1. The van der Waals surface area contributed by atoms with E-state index in [0.717, 1.165) is 10.0 Å². The minimum Gasteiger partial charge on any atom is -0.305 e. The van der Waals surface area contributed by atoms with Gasteiger partial charge in [-0.05, 0) is 30.7 Å². The molecule has 1 aromatic carbocycles. The topological polar surface area (TPSA) is 54.9 Å². The van der Waals surface area contributed by atoms with Crippen molar-refractivity contribution in [1.82, 2.24) is 9.97 Å². The minimum absolute atomic E-state index is 0.225. The SMILES string of the molecule is Cc1cc(Br)ccc1C(=O)Nc1cnc(Cl)cn1. The zero-order valence-electron chi connectivity index (χ0n) is 9.45. The monoisotopic (exact) mass is 325 g/mol. The zero-order chi connectivity index (χ0) is 13.1. The molecule has 0 saturated heterocycles. The Kier molecular flexibility index (Phi) is 3.93. The molecule has 2 rings (SSSR count). The molecule has 1 heterocycles. The second kappa shape index (κ2) is 5.46. The first-order chi connectivity index (χ1) is 8.56. The number of halogens is 2. The fraction of sp³-hybridized carbons (Fsp3) is 0.0833. The third kappa shape index (κ3) is 3.05. The summed E-state index contributed by atoms with van der Waals surface area (Å²) in [6, 6.07) is 5.44. The Morgan fingerprint density at radius 2 is 2.11 bits per heavy atom. The van der Waals surface area contributed by atoms with Crippen LogP contribution in [-0.4, -0.2) is 15.9 Å². The average molecular weight is 327 g/mol. The molecular formula is C12H9BrClN3O. The van der Waals surface area contributed by atoms with Crippen molar-refractivity contribution < 1.29 is 4.79 Å². The summed E-state index contributed by atoms with van der Waals surface area (Å²) in [6.45, 7) is 1.87. The number of hydrogen-bond acceptors (Lipinski definition) is 3. The summed E-state index contributed by atoms with van der Waals surface area (Å²) in [6.07, 6.45) is 2.79. The van der Waals surface area contributed by atoms with E-state index in [0.29, 0.717) is 11.4 Å². The van der Waals surface area contributed by atoms with Gasteiger partial charge in [-0.2, -0.15) is 0 Å². The maximum atomic E-state index is 12.0. The summed E-state index contributed by atoms with van der Waals surface area (Å²) in [5.41, 5.74) is 1.47. The molecule has 92 valence electrons. The summed E-state index contributed by atoms with van der Waals surface area (Å²) >= 11 is 8.97. The lowest BCUT2D eigenvalue weighted by atomic mass is 10.1. The van der Waals surface area contributed by atoms with Gasteiger partial charge in [-0.15, -0.1) is 0 Å². The molecule has 4 nitrogen and oxygen atoms in total. The molecule has 1 amide bonds. The Hall–Kier alpha value is -1.46. The van der Waals surface area contributed by atoms with E-state index in [2.05, 4.69) is 31.2 Å². The van der Waals surface area contributed by atoms with E-state index < -0.39 is 0 Å². The largest absolute Gasteiger partial charge is 0.305 e. The van der Waals surface area contributed by atoms with Crippen molar-refractivity contribution in [2.75, 3.05) is 5.32 Å². The van der Waals surface area contributed by atoms with Crippen LogP contribution in [0.15, 0.2) is 35.1 Å². The fourth-order valence-corrected chi connectivity index (χ4v) is 2.02. The lowest BCUT2D eigenvalue weighted by Crippen LogP contribution is -2.14. The number of carbonyl (C=O) groups is 1. The van der Waals surface area contributed by atoms with E-state index in [-0.39, 0.29) is 11.1 Å². The lowest BCUT2D eigenvalue weighted by molar-refractivity contribution is 0.102. The Morgan fingerprint density at radius 1 is 1.33 bits per heavy atom. The van der Waals surface area contributed by atoms with Gasteiger partial charge < -0.3 is 5.32 Å². The highest BCUT2D eigenvalue weighted by atomic mass is 79.9. The zero-order valence-corrected chi connectivity index (χ0v) is 11.8. The van der Waals surface area contributed by atoms with Gasteiger partial charge in [0.05, 0.1) is 12.4 Å². The van der Waals surface area contributed by atoms with Gasteiger partial charge in [0, 0.05) is 10.0 Å². The van der Waals surface area contributed by atoms with Gasteiger partial charge in [-0.1, -0.05) is 27.5 Å². The number of carbonyl (C=O) groups excluding carboxylic acids is 1. The van der Waals surface area contributed by atoms with Crippen molar-refractivity contribution in [2.45, 2.75) is 6.92 Å². The van der Waals surface area contributed by atoms with E-state index in [9.17, 15) is 4.79 Å². The quantitative estimate of drug-likeness (QED) is 0.919. The van der Waals surface area contributed by atoms with Crippen molar-refractivity contribution in [3.8, 4) is 0 Å². The first-order valence-electron chi connectivity index (χ1n) is 5.11. The number of aromatic nitrogens is 2. The van der Waals surface area contributed by atoms with Crippen molar-refractivity contribution in [2.24, 2.45) is 0 Å². The molecule has 0 radical (unpaired) electrons. The van der Waals surface area contributed by atoms with Crippen LogP contribution in [0.25, 0.3) is 0 Å². The van der Waals surface area contributed by atoms with Gasteiger partial charge in [-0.25, -0.2) is 9.97 Å². The van der Waals surface area contributed by atoms with Gasteiger partial charge in [0.2, 0.25) is 0 Å². The molecule has 18 heavy (non-hydrogen) atoms. The molecule has 0 spiro atoms. The normalized spacial score (nSPS) is 10.2. The Morgan fingerprint density at radius 3 is 2.72 bits per heavy atom. The number of nitrogens with zero attached hydrogens (tertiary/aromatic N) is 2. The molecule has 0 atom stereocenters. The number of rotatable bonds is 2. The molecule has 0 saturated carbocycles. The van der Waals surface area contributed by atoms with Crippen LogP contribution in [0.1, 0.15) is 15.9 Å². The van der Waals surface area contributed by atoms with Crippen molar-refractivity contribution in [1.29, 1.82) is 0 Å². The molecule has 0 aliphatic rings. The van der Waals surface area contributed by atoms with Gasteiger partial charge in [0.25, 0.3) is 5.91 Å². The number of amides is 1. The fourth-order valence-electron chi connectivity index (χ4n) is 1.44. The molecule has 0 aliphatic heterocycles. The first kappa shape index (κ1) is 13.0. The summed E-state index contributed by atoms with van der Waals surface area (Å²) < 4.78 is 0.933. The summed E-state index contributed by atoms with van der Waals surface area (Å²) in [5, 5.41) is 2.94. The standard InChI is InChI=1S/C12H9BrClN3O/c1-7-4-8(13)2-3-9(7)12(18)17-11-6-15-10(14)5-16-11/h2-6H,1H3,(H,16,17,18). The summed E-state index contributed by atoms with van der Waals surface area (Å²) in [4.78, 5) is 19.8. The third-order valence-electron chi connectivity index (χ3n) is 2.30. The van der Waals surface area contributed by atoms with Crippen LogP contribution in [0.5, 0.6) is 0 Å². The molecule has 0 aliphatic carbocycles. The van der Waals surface area contributed by atoms with Crippen LogP contribution in [0.3, 0.4) is 0 Å². The molecule has 0 bridgehead atoms. The van der Waals surface area contributed by atoms with Gasteiger partial charge in [-0.3, -0.25) is 4.79 Å².